The molecule has 1 fully saturated rings. The SMILES string of the molecule is CCNC1CC(Oc2cc(F)cc(F)c2)C1(CC)CC. The Bertz CT molecular complexity index is 440. The highest BCUT2D eigenvalue weighted by Gasteiger charge is 2.53. The Kier molecular flexibility index (Phi) is 4.63. The smallest absolute Gasteiger partial charge is 0.129 e. The molecule has 0 spiro atoms. The minimum atomic E-state index is -0.596. The second kappa shape index (κ2) is 6.08. The number of rotatable bonds is 6. The summed E-state index contributed by atoms with van der Waals surface area (Å²) in [6.45, 7) is 7.31. The molecule has 0 bridgehead atoms. The van der Waals surface area contributed by atoms with Gasteiger partial charge in [-0.2, -0.15) is 0 Å². The molecule has 4 heteroatoms. The molecular weight excluding hydrogens is 260 g/mol. The Morgan fingerprint density at radius 3 is 2.25 bits per heavy atom. The van der Waals surface area contributed by atoms with Gasteiger partial charge in [-0.3, -0.25) is 0 Å². The van der Waals surface area contributed by atoms with Crippen molar-refractivity contribution in [3.8, 4) is 5.75 Å². The maximum atomic E-state index is 13.2. The number of hydrogen-bond donors (Lipinski definition) is 1. The van der Waals surface area contributed by atoms with Crippen molar-refractivity contribution in [1.82, 2.24) is 5.32 Å². The topological polar surface area (TPSA) is 21.3 Å². The second-order valence-corrected chi connectivity index (χ2v) is 5.50. The van der Waals surface area contributed by atoms with Crippen LogP contribution in [0.1, 0.15) is 40.0 Å². The molecule has 2 unspecified atom stereocenters. The van der Waals surface area contributed by atoms with E-state index in [0.29, 0.717) is 6.04 Å². The van der Waals surface area contributed by atoms with Gasteiger partial charge in [-0.25, -0.2) is 8.78 Å². The van der Waals surface area contributed by atoms with Crippen LogP contribution in [0.15, 0.2) is 18.2 Å². The summed E-state index contributed by atoms with van der Waals surface area (Å²) in [5.41, 5.74) is 0.0544. The highest BCUT2D eigenvalue weighted by molar-refractivity contribution is 5.25. The van der Waals surface area contributed by atoms with Crippen molar-refractivity contribution in [3.05, 3.63) is 29.8 Å². The Hall–Kier alpha value is -1.16. The standard InChI is InChI=1S/C16H23F2NO/c1-4-16(5-2)14(19-6-3)10-15(16)20-13-8-11(17)7-12(18)9-13/h7-9,14-15,19H,4-6,10H2,1-3H3. The molecule has 20 heavy (non-hydrogen) atoms. The van der Waals surface area contributed by atoms with E-state index in [4.69, 9.17) is 4.74 Å². The fraction of sp³-hybridized carbons (Fsp3) is 0.625. The molecule has 1 aromatic rings. The van der Waals surface area contributed by atoms with Gasteiger partial charge in [0, 0.05) is 36.1 Å². The maximum Gasteiger partial charge on any atom is 0.129 e. The zero-order valence-corrected chi connectivity index (χ0v) is 12.4. The first-order valence-electron chi connectivity index (χ1n) is 7.41. The first kappa shape index (κ1) is 15.2. The lowest BCUT2D eigenvalue weighted by Crippen LogP contribution is -2.64. The fourth-order valence-electron chi connectivity index (χ4n) is 3.40. The Labute approximate surface area is 119 Å². The molecule has 0 heterocycles. The molecule has 2 nitrogen and oxygen atoms in total. The van der Waals surface area contributed by atoms with Crippen LogP contribution >= 0.6 is 0 Å². The van der Waals surface area contributed by atoms with Crippen molar-refractivity contribution >= 4 is 0 Å². The summed E-state index contributed by atoms with van der Waals surface area (Å²) < 4.78 is 32.3. The van der Waals surface area contributed by atoms with Crippen LogP contribution in [0.4, 0.5) is 8.78 Å². The first-order valence-corrected chi connectivity index (χ1v) is 7.41. The van der Waals surface area contributed by atoms with E-state index in [1.807, 2.05) is 0 Å². The molecule has 112 valence electrons. The molecule has 1 N–H and O–H groups in total. The molecule has 0 aromatic heterocycles. The van der Waals surface area contributed by atoms with Crippen molar-refractivity contribution in [3.63, 3.8) is 0 Å². The summed E-state index contributed by atoms with van der Waals surface area (Å²) in [5, 5.41) is 3.49. The number of halogens is 2. The van der Waals surface area contributed by atoms with Crippen LogP contribution < -0.4 is 10.1 Å². The van der Waals surface area contributed by atoms with Crippen LogP contribution in [0.5, 0.6) is 5.75 Å². The molecule has 0 radical (unpaired) electrons. The predicted molar refractivity (Wildman–Crippen MR) is 75.9 cm³/mol. The normalized spacial score (nSPS) is 24.2. The summed E-state index contributed by atoms with van der Waals surface area (Å²) in [5.74, 6) is -0.906. The molecular formula is C16H23F2NO. The molecule has 2 atom stereocenters. The van der Waals surface area contributed by atoms with Crippen LogP contribution in [-0.4, -0.2) is 18.7 Å². The van der Waals surface area contributed by atoms with Crippen molar-refractivity contribution in [1.29, 1.82) is 0 Å². The lowest BCUT2D eigenvalue weighted by Gasteiger charge is -2.55. The van der Waals surface area contributed by atoms with Crippen molar-refractivity contribution in [2.75, 3.05) is 6.54 Å². The highest BCUT2D eigenvalue weighted by atomic mass is 19.1. The molecule has 0 aliphatic heterocycles. The van der Waals surface area contributed by atoms with Gasteiger partial charge in [-0.15, -0.1) is 0 Å². The maximum absolute atomic E-state index is 13.2. The monoisotopic (exact) mass is 283 g/mol. The van der Waals surface area contributed by atoms with Gasteiger partial charge >= 0.3 is 0 Å². The molecule has 1 aromatic carbocycles. The largest absolute Gasteiger partial charge is 0.490 e. The number of nitrogens with one attached hydrogen (secondary N) is 1. The van der Waals surface area contributed by atoms with E-state index in [1.165, 1.54) is 12.1 Å². The first-order chi connectivity index (χ1) is 9.55. The van der Waals surface area contributed by atoms with Crippen LogP contribution in [0.3, 0.4) is 0 Å². The quantitative estimate of drug-likeness (QED) is 0.855. The zero-order chi connectivity index (χ0) is 14.8. The zero-order valence-electron chi connectivity index (χ0n) is 12.4. The third-order valence-corrected chi connectivity index (χ3v) is 4.67. The molecule has 0 saturated heterocycles. The van der Waals surface area contributed by atoms with Crippen LogP contribution in [-0.2, 0) is 0 Å². The van der Waals surface area contributed by atoms with Gasteiger partial charge < -0.3 is 10.1 Å². The van der Waals surface area contributed by atoms with E-state index in [-0.39, 0.29) is 17.3 Å². The molecule has 0 amide bonds. The number of benzene rings is 1. The Balaban J connectivity index is 2.13. The highest BCUT2D eigenvalue weighted by Crippen LogP contribution is 2.49. The summed E-state index contributed by atoms with van der Waals surface area (Å²) in [6.07, 6.45) is 2.88. The minimum Gasteiger partial charge on any atom is -0.490 e. The summed E-state index contributed by atoms with van der Waals surface area (Å²) >= 11 is 0. The average Bonchev–Trinajstić information content (AvgIpc) is 2.38. The molecule has 1 aliphatic rings. The fourth-order valence-corrected chi connectivity index (χ4v) is 3.40. The second-order valence-electron chi connectivity index (χ2n) is 5.50. The van der Waals surface area contributed by atoms with E-state index in [2.05, 4.69) is 26.1 Å². The number of hydrogen-bond acceptors (Lipinski definition) is 2. The van der Waals surface area contributed by atoms with Gasteiger partial charge in [0.05, 0.1) is 0 Å². The molecule has 1 aliphatic carbocycles. The average molecular weight is 283 g/mol. The van der Waals surface area contributed by atoms with Crippen molar-refractivity contribution in [2.24, 2.45) is 5.41 Å². The van der Waals surface area contributed by atoms with Crippen molar-refractivity contribution < 1.29 is 13.5 Å². The Morgan fingerprint density at radius 1 is 1.15 bits per heavy atom. The van der Waals surface area contributed by atoms with Crippen LogP contribution in [0, 0.1) is 17.0 Å². The Morgan fingerprint density at radius 2 is 1.75 bits per heavy atom. The van der Waals surface area contributed by atoms with Gasteiger partial charge in [0.15, 0.2) is 0 Å². The predicted octanol–water partition coefficient (Wildman–Crippen LogP) is 3.90. The molecule has 2 rings (SSSR count). The lowest BCUT2D eigenvalue weighted by molar-refractivity contribution is -0.0856. The summed E-state index contributed by atoms with van der Waals surface area (Å²) in [7, 11) is 0. The van der Waals surface area contributed by atoms with Gasteiger partial charge in [0.2, 0.25) is 0 Å². The number of ether oxygens (including phenoxy) is 1. The van der Waals surface area contributed by atoms with Crippen LogP contribution in [0.2, 0.25) is 0 Å². The van der Waals surface area contributed by atoms with E-state index in [0.717, 1.165) is 31.9 Å². The third-order valence-electron chi connectivity index (χ3n) is 4.67. The van der Waals surface area contributed by atoms with Gasteiger partial charge in [0.1, 0.15) is 23.5 Å². The van der Waals surface area contributed by atoms with E-state index >= 15 is 0 Å². The van der Waals surface area contributed by atoms with Gasteiger partial charge in [-0.1, -0.05) is 20.8 Å². The molecule has 1 saturated carbocycles. The lowest BCUT2D eigenvalue weighted by atomic mass is 9.58. The third kappa shape index (κ3) is 2.66. The van der Waals surface area contributed by atoms with Crippen molar-refractivity contribution in [2.45, 2.75) is 52.2 Å². The van der Waals surface area contributed by atoms with E-state index in [1.54, 1.807) is 0 Å². The van der Waals surface area contributed by atoms with E-state index in [9.17, 15) is 8.78 Å². The van der Waals surface area contributed by atoms with E-state index < -0.39 is 11.6 Å². The van der Waals surface area contributed by atoms with Gasteiger partial charge in [0.25, 0.3) is 0 Å². The van der Waals surface area contributed by atoms with Gasteiger partial charge in [-0.05, 0) is 19.4 Å². The summed E-state index contributed by atoms with van der Waals surface area (Å²) in [4.78, 5) is 0. The summed E-state index contributed by atoms with van der Waals surface area (Å²) in [6, 6.07) is 3.78. The minimum absolute atomic E-state index is 0.0164. The van der Waals surface area contributed by atoms with Crippen LogP contribution in [0.25, 0.3) is 0 Å².